The summed E-state index contributed by atoms with van der Waals surface area (Å²) in [5, 5.41) is 8.82. The predicted octanol–water partition coefficient (Wildman–Crippen LogP) is 2.72. The van der Waals surface area contributed by atoms with Crippen LogP contribution in [0.15, 0.2) is 24.3 Å². The molecule has 0 bridgehead atoms. The molecule has 0 amide bonds. The Kier molecular flexibility index (Phi) is 3.37. The van der Waals surface area contributed by atoms with Gasteiger partial charge in [-0.15, -0.1) is 0 Å². The molecule has 0 unspecified atom stereocenters. The Morgan fingerprint density at radius 2 is 1.62 bits per heavy atom. The lowest BCUT2D eigenvalue weighted by atomic mass is 10.0. The van der Waals surface area contributed by atoms with Gasteiger partial charge in [0.1, 0.15) is 0 Å². The van der Waals surface area contributed by atoms with Crippen LogP contribution in [0.5, 0.6) is 0 Å². The van der Waals surface area contributed by atoms with Crippen molar-refractivity contribution in [2.45, 2.75) is 19.3 Å². The molecule has 1 rings (SSSR count). The molecule has 0 aliphatic carbocycles. The maximum absolute atomic E-state index is 12.1. The lowest BCUT2D eigenvalue weighted by molar-refractivity contribution is 0.151. The van der Waals surface area contributed by atoms with E-state index in [0.717, 1.165) is 5.56 Å². The van der Waals surface area contributed by atoms with Gasteiger partial charge in [0.25, 0.3) is 6.43 Å². The van der Waals surface area contributed by atoms with Crippen LogP contribution in [-0.2, 0) is 0 Å². The maximum atomic E-state index is 12.1. The minimum Gasteiger partial charge on any atom is -0.396 e. The fourth-order valence-electron chi connectivity index (χ4n) is 1.08. The zero-order valence-corrected chi connectivity index (χ0v) is 7.37. The van der Waals surface area contributed by atoms with E-state index in [-0.39, 0.29) is 18.1 Å². The van der Waals surface area contributed by atoms with Crippen LogP contribution in [0.2, 0.25) is 0 Å². The van der Waals surface area contributed by atoms with Gasteiger partial charge >= 0.3 is 0 Å². The SMILES string of the molecule is C[C@@H](CO)c1ccc(C(F)F)cc1. The lowest BCUT2D eigenvalue weighted by Gasteiger charge is -2.08. The third-order valence-corrected chi connectivity index (χ3v) is 2.03. The second kappa shape index (κ2) is 4.33. The van der Waals surface area contributed by atoms with Crippen LogP contribution in [0.4, 0.5) is 8.78 Å². The highest BCUT2D eigenvalue weighted by molar-refractivity contribution is 5.25. The van der Waals surface area contributed by atoms with Crippen molar-refractivity contribution in [3.05, 3.63) is 35.4 Å². The third kappa shape index (κ3) is 2.49. The van der Waals surface area contributed by atoms with E-state index in [4.69, 9.17) is 5.11 Å². The van der Waals surface area contributed by atoms with Gasteiger partial charge in [-0.3, -0.25) is 0 Å². The van der Waals surface area contributed by atoms with Crippen molar-refractivity contribution in [1.29, 1.82) is 0 Å². The van der Waals surface area contributed by atoms with Crippen molar-refractivity contribution in [2.75, 3.05) is 6.61 Å². The number of hydrogen-bond donors (Lipinski definition) is 1. The number of rotatable bonds is 3. The number of halogens is 2. The van der Waals surface area contributed by atoms with Crippen molar-refractivity contribution in [3.8, 4) is 0 Å². The quantitative estimate of drug-likeness (QED) is 0.769. The second-order valence-electron chi connectivity index (χ2n) is 3.05. The van der Waals surface area contributed by atoms with Gasteiger partial charge in [0.05, 0.1) is 0 Å². The summed E-state index contributed by atoms with van der Waals surface area (Å²) < 4.78 is 24.3. The zero-order valence-electron chi connectivity index (χ0n) is 7.37. The highest BCUT2D eigenvalue weighted by Gasteiger charge is 2.08. The largest absolute Gasteiger partial charge is 0.396 e. The highest BCUT2D eigenvalue weighted by Crippen LogP contribution is 2.21. The van der Waals surface area contributed by atoms with E-state index >= 15 is 0 Å². The minimum absolute atomic E-state index is 0.00622. The Balaban J connectivity index is 2.81. The average molecular weight is 186 g/mol. The zero-order chi connectivity index (χ0) is 9.84. The normalized spacial score (nSPS) is 13.3. The van der Waals surface area contributed by atoms with Gasteiger partial charge in [-0.1, -0.05) is 31.2 Å². The fourth-order valence-corrected chi connectivity index (χ4v) is 1.08. The summed E-state index contributed by atoms with van der Waals surface area (Å²) in [4.78, 5) is 0. The van der Waals surface area contributed by atoms with Gasteiger partial charge in [0.15, 0.2) is 0 Å². The number of benzene rings is 1. The summed E-state index contributed by atoms with van der Waals surface area (Å²) >= 11 is 0. The first-order valence-corrected chi connectivity index (χ1v) is 4.14. The molecule has 72 valence electrons. The van der Waals surface area contributed by atoms with E-state index < -0.39 is 6.43 Å². The van der Waals surface area contributed by atoms with E-state index in [9.17, 15) is 8.78 Å². The Morgan fingerprint density at radius 1 is 1.15 bits per heavy atom. The molecular formula is C10H12F2O. The Morgan fingerprint density at radius 3 is 2.00 bits per heavy atom. The molecule has 13 heavy (non-hydrogen) atoms. The van der Waals surface area contributed by atoms with Gasteiger partial charge in [0, 0.05) is 18.1 Å². The maximum Gasteiger partial charge on any atom is 0.263 e. The summed E-state index contributed by atoms with van der Waals surface area (Å²) in [6, 6.07) is 6.04. The van der Waals surface area contributed by atoms with Gasteiger partial charge in [-0.2, -0.15) is 0 Å². The number of aliphatic hydroxyl groups excluding tert-OH is 1. The van der Waals surface area contributed by atoms with Crippen LogP contribution in [0, 0.1) is 0 Å². The van der Waals surface area contributed by atoms with Crippen LogP contribution in [-0.4, -0.2) is 11.7 Å². The Labute approximate surface area is 76.0 Å². The smallest absolute Gasteiger partial charge is 0.263 e. The van der Waals surface area contributed by atoms with E-state index in [1.807, 2.05) is 6.92 Å². The fraction of sp³-hybridized carbons (Fsp3) is 0.400. The van der Waals surface area contributed by atoms with E-state index in [2.05, 4.69) is 0 Å². The molecular weight excluding hydrogens is 174 g/mol. The van der Waals surface area contributed by atoms with Crippen LogP contribution in [0.1, 0.15) is 30.4 Å². The monoisotopic (exact) mass is 186 g/mol. The van der Waals surface area contributed by atoms with Gasteiger partial charge in [-0.25, -0.2) is 8.78 Å². The Hall–Kier alpha value is -0.960. The summed E-state index contributed by atoms with van der Waals surface area (Å²) in [7, 11) is 0. The summed E-state index contributed by atoms with van der Waals surface area (Å²) in [6.45, 7) is 1.88. The molecule has 1 aromatic carbocycles. The van der Waals surface area contributed by atoms with Crippen LogP contribution < -0.4 is 0 Å². The molecule has 0 spiro atoms. The molecule has 1 aromatic rings. The lowest BCUT2D eigenvalue weighted by Crippen LogP contribution is -1.98. The molecule has 0 saturated heterocycles. The molecule has 3 heteroatoms. The third-order valence-electron chi connectivity index (χ3n) is 2.03. The predicted molar refractivity (Wildman–Crippen MR) is 46.9 cm³/mol. The first kappa shape index (κ1) is 10.1. The molecule has 0 radical (unpaired) electrons. The summed E-state index contributed by atoms with van der Waals surface area (Å²) in [5.41, 5.74) is 0.904. The highest BCUT2D eigenvalue weighted by atomic mass is 19.3. The molecule has 0 fully saturated rings. The van der Waals surface area contributed by atoms with Crippen molar-refractivity contribution in [2.24, 2.45) is 0 Å². The van der Waals surface area contributed by atoms with E-state index in [0.29, 0.717) is 0 Å². The first-order chi connectivity index (χ1) is 6.15. The van der Waals surface area contributed by atoms with Gasteiger partial charge < -0.3 is 5.11 Å². The molecule has 0 heterocycles. The van der Waals surface area contributed by atoms with Crippen LogP contribution in [0.25, 0.3) is 0 Å². The van der Waals surface area contributed by atoms with E-state index in [1.165, 1.54) is 12.1 Å². The van der Waals surface area contributed by atoms with Crippen molar-refractivity contribution in [1.82, 2.24) is 0 Å². The second-order valence-corrected chi connectivity index (χ2v) is 3.05. The van der Waals surface area contributed by atoms with E-state index in [1.54, 1.807) is 12.1 Å². The topological polar surface area (TPSA) is 20.2 Å². The molecule has 1 N–H and O–H groups in total. The molecule has 0 aliphatic rings. The first-order valence-electron chi connectivity index (χ1n) is 4.14. The molecule has 0 aromatic heterocycles. The molecule has 1 nitrogen and oxygen atoms in total. The van der Waals surface area contributed by atoms with Crippen molar-refractivity contribution >= 4 is 0 Å². The summed E-state index contributed by atoms with van der Waals surface area (Å²) in [6.07, 6.45) is -2.42. The van der Waals surface area contributed by atoms with Crippen LogP contribution >= 0.6 is 0 Å². The van der Waals surface area contributed by atoms with Gasteiger partial charge in [0.2, 0.25) is 0 Å². The summed E-state index contributed by atoms with van der Waals surface area (Å²) in [5.74, 6) is 0.00622. The average Bonchev–Trinajstić information content (AvgIpc) is 2.17. The minimum atomic E-state index is -2.42. The Bertz CT molecular complexity index is 256. The number of aliphatic hydroxyl groups is 1. The van der Waals surface area contributed by atoms with Gasteiger partial charge in [-0.05, 0) is 5.56 Å². The molecule has 0 aliphatic heterocycles. The number of alkyl halides is 2. The molecule has 1 atom stereocenters. The number of hydrogen-bond acceptors (Lipinski definition) is 1. The van der Waals surface area contributed by atoms with Crippen LogP contribution in [0.3, 0.4) is 0 Å². The molecule has 0 saturated carbocycles. The van der Waals surface area contributed by atoms with Crippen molar-refractivity contribution < 1.29 is 13.9 Å². The van der Waals surface area contributed by atoms with Crippen molar-refractivity contribution in [3.63, 3.8) is 0 Å². The standard InChI is InChI=1S/C10H12F2O/c1-7(6-13)8-2-4-9(5-3-8)10(11)12/h2-5,7,10,13H,6H2,1H3/t7-/m0/s1.